The van der Waals surface area contributed by atoms with E-state index >= 15 is 0 Å². The minimum Gasteiger partial charge on any atom is -0.494 e. The van der Waals surface area contributed by atoms with Crippen molar-refractivity contribution in [2.24, 2.45) is 0 Å². The van der Waals surface area contributed by atoms with Crippen LogP contribution in [-0.4, -0.2) is 43.7 Å². The van der Waals surface area contributed by atoms with Gasteiger partial charge in [-0.25, -0.2) is 8.42 Å². The summed E-state index contributed by atoms with van der Waals surface area (Å²) in [4.78, 5) is 6.62. The molecule has 0 aliphatic carbocycles. The van der Waals surface area contributed by atoms with Gasteiger partial charge >= 0.3 is 0 Å². The molecule has 1 saturated heterocycles. The number of rotatable bonds is 8. The molecule has 1 aliphatic heterocycles. The summed E-state index contributed by atoms with van der Waals surface area (Å²) in [5, 5.41) is 0. The van der Waals surface area contributed by atoms with Gasteiger partial charge in [-0.1, -0.05) is 6.07 Å². The molecule has 6 nitrogen and oxygen atoms in total. The fraction of sp³-hybridized carbons (Fsp3) is 0.450. The van der Waals surface area contributed by atoms with Crippen molar-refractivity contribution in [3.63, 3.8) is 0 Å². The molecule has 3 rings (SSSR count). The molecule has 0 saturated carbocycles. The predicted octanol–water partition coefficient (Wildman–Crippen LogP) is 2.81. The lowest BCUT2D eigenvalue weighted by atomic mass is 10.0. The van der Waals surface area contributed by atoms with E-state index in [1.807, 2.05) is 26.0 Å². The van der Waals surface area contributed by atoms with E-state index in [4.69, 9.17) is 4.74 Å². The van der Waals surface area contributed by atoms with Gasteiger partial charge in [-0.2, -0.15) is 4.72 Å². The van der Waals surface area contributed by atoms with E-state index in [2.05, 4.69) is 14.6 Å². The molecule has 27 heavy (non-hydrogen) atoms. The van der Waals surface area contributed by atoms with Gasteiger partial charge in [0, 0.05) is 18.8 Å². The highest BCUT2D eigenvalue weighted by atomic mass is 32.2. The van der Waals surface area contributed by atoms with Crippen molar-refractivity contribution in [1.82, 2.24) is 14.6 Å². The van der Waals surface area contributed by atoms with Crippen LogP contribution in [0.25, 0.3) is 0 Å². The molecule has 0 spiro atoms. The maximum Gasteiger partial charge on any atom is 0.242 e. The Hall–Kier alpha value is -1.96. The molecule has 7 heteroatoms. The molecule has 0 bridgehead atoms. The molecular weight excluding hydrogens is 362 g/mol. The van der Waals surface area contributed by atoms with Crippen LogP contribution in [0, 0.1) is 0 Å². The maximum atomic E-state index is 13.1. The van der Waals surface area contributed by atoms with E-state index in [1.165, 1.54) is 0 Å². The Labute approximate surface area is 161 Å². The molecule has 2 heterocycles. The summed E-state index contributed by atoms with van der Waals surface area (Å²) in [5.74, 6) is 0.661. The average Bonchev–Trinajstić information content (AvgIpc) is 3.18. The third kappa shape index (κ3) is 4.86. The van der Waals surface area contributed by atoms with Gasteiger partial charge < -0.3 is 4.74 Å². The van der Waals surface area contributed by atoms with E-state index in [0.29, 0.717) is 18.8 Å². The topological polar surface area (TPSA) is 71.5 Å². The Morgan fingerprint density at radius 1 is 1.19 bits per heavy atom. The first kappa shape index (κ1) is 19.8. The van der Waals surface area contributed by atoms with Crippen molar-refractivity contribution < 1.29 is 13.2 Å². The van der Waals surface area contributed by atoms with Crippen molar-refractivity contribution in [2.45, 2.75) is 43.7 Å². The SMILES string of the molecule is CCOc1ccc(S(=O)(=O)NC(C)(Cc2cccnc2)N2CCCC2)cc1. The normalized spacial score (nSPS) is 17.6. The lowest BCUT2D eigenvalue weighted by Gasteiger charge is -2.39. The van der Waals surface area contributed by atoms with E-state index in [0.717, 1.165) is 31.5 Å². The fourth-order valence-corrected chi connectivity index (χ4v) is 4.95. The second-order valence-electron chi connectivity index (χ2n) is 7.02. The fourth-order valence-electron chi connectivity index (χ4n) is 3.55. The van der Waals surface area contributed by atoms with Crippen molar-refractivity contribution in [2.75, 3.05) is 19.7 Å². The van der Waals surface area contributed by atoms with Crippen LogP contribution >= 0.6 is 0 Å². The zero-order valence-corrected chi connectivity index (χ0v) is 16.7. The van der Waals surface area contributed by atoms with Crippen molar-refractivity contribution in [1.29, 1.82) is 0 Å². The quantitative estimate of drug-likeness (QED) is 0.752. The largest absolute Gasteiger partial charge is 0.494 e. The number of benzene rings is 1. The van der Waals surface area contributed by atoms with Gasteiger partial charge in [0.2, 0.25) is 10.0 Å². The molecule has 1 N–H and O–H groups in total. The van der Waals surface area contributed by atoms with Crippen molar-refractivity contribution in [3.05, 3.63) is 54.4 Å². The smallest absolute Gasteiger partial charge is 0.242 e. The van der Waals surface area contributed by atoms with Crippen LogP contribution < -0.4 is 9.46 Å². The van der Waals surface area contributed by atoms with Gasteiger partial charge in [0.15, 0.2) is 0 Å². The summed E-state index contributed by atoms with van der Waals surface area (Å²) < 4.78 is 34.5. The van der Waals surface area contributed by atoms with Gasteiger partial charge in [-0.15, -0.1) is 0 Å². The summed E-state index contributed by atoms with van der Waals surface area (Å²) in [6.45, 7) is 6.15. The van der Waals surface area contributed by atoms with Gasteiger partial charge in [-0.3, -0.25) is 9.88 Å². The van der Waals surface area contributed by atoms with Crippen LogP contribution in [0.2, 0.25) is 0 Å². The minimum absolute atomic E-state index is 0.238. The molecule has 146 valence electrons. The number of pyridine rings is 1. The Morgan fingerprint density at radius 2 is 1.89 bits per heavy atom. The number of sulfonamides is 1. The van der Waals surface area contributed by atoms with Crippen molar-refractivity contribution >= 4 is 10.0 Å². The van der Waals surface area contributed by atoms with Gasteiger partial charge in [0.25, 0.3) is 0 Å². The average molecular weight is 390 g/mol. The van der Waals surface area contributed by atoms with Gasteiger partial charge in [-0.05, 0) is 75.7 Å². The Kier molecular flexibility index (Phi) is 6.14. The molecule has 0 amide bonds. The number of ether oxygens (including phenoxy) is 1. The van der Waals surface area contributed by atoms with E-state index < -0.39 is 15.7 Å². The minimum atomic E-state index is -3.67. The Balaban J connectivity index is 1.85. The van der Waals surface area contributed by atoms with E-state index in [-0.39, 0.29) is 4.90 Å². The van der Waals surface area contributed by atoms with Crippen LogP contribution in [0.4, 0.5) is 0 Å². The van der Waals surface area contributed by atoms with E-state index in [9.17, 15) is 8.42 Å². The molecule has 1 fully saturated rings. The second kappa shape index (κ2) is 8.37. The summed E-state index contributed by atoms with van der Waals surface area (Å²) in [6, 6.07) is 10.4. The monoisotopic (exact) mass is 389 g/mol. The number of hydrogen-bond acceptors (Lipinski definition) is 5. The molecule has 1 atom stereocenters. The number of likely N-dealkylation sites (tertiary alicyclic amines) is 1. The number of nitrogens with one attached hydrogen (secondary N) is 1. The molecule has 1 aromatic carbocycles. The molecule has 1 aliphatic rings. The van der Waals surface area contributed by atoms with Crippen LogP contribution in [0.5, 0.6) is 5.75 Å². The zero-order chi connectivity index (χ0) is 19.3. The molecule has 1 unspecified atom stereocenters. The molecular formula is C20H27N3O3S. The van der Waals surface area contributed by atoms with Crippen LogP contribution in [0.15, 0.2) is 53.7 Å². The highest BCUT2D eigenvalue weighted by Crippen LogP contribution is 2.26. The highest BCUT2D eigenvalue weighted by molar-refractivity contribution is 7.89. The Morgan fingerprint density at radius 3 is 2.48 bits per heavy atom. The lowest BCUT2D eigenvalue weighted by molar-refractivity contribution is 0.122. The number of hydrogen-bond donors (Lipinski definition) is 1. The summed E-state index contributed by atoms with van der Waals surface area (Å²) in [6.07, 6.45) is 6.22. The molecule has 1 aromatic heterocycles. The highest BCUT2D eigenvalue weighted by Gasteiger charge is 2.38. The summed E-state index contributed by atoms with van der Waals surface area (Å²) in [7, 11) is -3.67. The maximum absolute atomic E-state index is 13.1. The van der Waals surface area contributed by atoms with E-state index in [1.54, 1.807) is 36.7 Å². The van der Waals surface area contributed by atoms with Crippen molar-refractivity contribution in [3.8, 4) is 5.75 Å². The standard InChI is InChI=1S/C20H27N3O3S/c1-3-26-18-8-10-19(11-9-18)27(24,25)22-20(2,23-13-4-5-14-23)15-17-7-6-12-21-16-17/h6-12,16,22H,3-5,13-15H2,1-2H3. The first-order valence-corrected chi connectivity index (χ1v) is 10.8. The van der Waals surface area contributed by atoms with Gasteiger partial charge in [0.1, 0.15) is 5.75 Å². The predicted molar refractivity (Wildman–Crippen MR) is 105 cm³/mol. The number of aromatic nitrogens is 1. The van der Waals surface area contributed by atoms with Crippen LogP contribution in [0.3, 0.4) is 0 Å². The second-order valence-corrected chi connectivity index (χ2v) is 8.70. The lowest BCUT2D eigenvalue weighted by Crippen LogP contribution is -2.59. The summed E-state index contributed by atoms with van der Waals surface area (Å²) in [5.41, 5.74) is 0.290. The first-order chi connectivity index (χ1) is 12.9. The van der Waals surface area contributed by atoms with Crippen LogP contribution in [0.1, 0.15) is 32.3 Å². The number of nitrogens with zero attached hydrogens (tertiary/aromatic N) is 2. The summed E-state index contributed by atoms with van der Waals surface area (Å²) >= 11 is 0. The van der Waals surface area contributed by atoms with Gasteiger partial charge in [0.05, 0.1) is 17.2 Å². The molecule has 2 aromatic rings. The zero-order valence-electron chi connectivity index (χ0n) is 15.9. The third-order valence-electron chi connectivity index (χ3n) is 4.87. The molecule has 0 radical (unpaired) electrons. The Bertz CT molecular complexity index is 835. The van der Waals surface area contributed by atoms with Crippen LogP contribution in [-0.2, 0) is 16.4 Å². The first-order valence-electron chi connectivity index (χ1n) is 9.34. The third-order valence-corrected chi connectivity index (χ3v) is 6.48.